The molecule has 11 heteroatoms. The first-order valence-corrected chi connectivity index (χ1v) is 6.16. The third-order valence-electron chi connectivity index (χ3n) is 2.71. The summed E-state index contributed by atoms with van der Waals surface area (Å²) in [5.74, 6) is -6.19. The third kappa shape index (κ3) is 3.70. The fourth-order valence-electron chi connectivity index (χ4n) is 1.50. The molecule has 0 spiro atoms. The first-order chi connectivity index (χ1) is 10.4. The maximum absolute atomic E-state index is 13.3. The van der Waals surface area contributed by atoms with Crippen molar-refractivity contribution in [2.24, 2.45) is 0 Å². The number of esters is 1. The van der Waals surface area contributed by atoms with E-state index in [0.717, 1.165) is 0 Å². The van der Waals surface area contributed by atoms with Crippen LogP contribution in [0.4, 0.5) is 27.6 Å². The van der Waals surface area contributed by atoms with Crippen molar-refractivity contribution in [1.29, 1.82) is 0 Å². The Morgan fingerprint density at radius 2 is 1.87 bits per heavy atom. The normalized spacial score (nSPS) is 15.5. The fourth-order valence-corrected chi connectivity index (χ4v) is 1.76. The molecule has 0 saturated carbocycles. The third-order valence-corrected chi connectivity index (χ3v) is 3.23. The van der Waals surface area contributed by atoms with Gasteiger partial charge in [-0.15, -0.1) is 11.6 Å². The van der Waals surface area contributed by atoms with Gasteiger partial charge in [0.05, 0.1) is 12.8 Å². The molecule has 0 unspecified atom stereocenters. The van der Waals surface area contributed by atoms with E-state index in [4.69, 9.17) is 11.6 Å². The van der Waals surface area contributed by atoms with Crippen molar-refractivity contribution in [1.82, 2.24) is 0 Å². The van der Waals surface area contributed by atoms with Crippen LogP contribution in [0.5, 0.6) is 0 Å². The van der Waals surface area contributed by atoms with E-state index in [9.17, 15) is 36.6 Å². The Labute approximate surface area is 131 Å². The number of benzene rings is 1. The van der Waals surface area contributed by atoms with Gasteiger partial charge in [0.1, 0.15) is 11.6 Å². The minimum Gasteiger partial charge on any atom is -0.467 e. The SMILES string of the molecule is COC(=O)[C@@](O)([C@@H](Cl)C(=O)Nc1cc(F)ccc1F)C(F)(F)F. The number of nitrogens with one attached hydrogen (secondary N) is 1. The number of alkyl halides is 4. The van der Waals surface area contributed by atoms with Crippen molar-refractivity contribution >= 4 is 29.2 Å². The molecule has 2 N–H and O–H groups in total. The predicted octanol–water partition coefficient (Wildman–Crippen LogP) is 1.98. The van der Waals surface area contributed by atoms with Crippen LogP contribution < -0.4 is 5.32 Å². The van der Waals surface area contributed by atoms with E-state index in [-0.39, 0.29) is 0 Å². The Morgan fingerprint density at radius 3 is 2.35 bits per heavy atom. The molecular weight excluding hydrogens is 353 g/mol. The zero-order valence-electron chi connectivity index (χ0n) is 11.2. The molecule has 0 aliphatic heterocycles. The summed E-state index contributed by atoms with van der Waals surface area (Å²) >= 11 is 5.24. The molecule has 0 radical (unpaired) electrons. The highest BCUT2D eigenvalue weighted by molar-refractivity contribution is 6.35. The summed E-state index contributed by atoms with van der Waals surface area (Å²) < 4.78 is 68.8. The molecule has 0 aromatic heterocycles. The molecule has 1 aromatic rings. The molecule has 23 heavy (non-hydrogen) atoms. The number of aliphatic hydroxyl groups is 1. The van der Waals surface area contributed by atoms with E-state index >= 15 is 0 Å². The molecule has 2 atom stereocenters. The van der Waals surface area contributed by atoms with Crippen molar-refractivity contribution in [2.75, 3.05) is 12.4 Å². The molecule has 0 fully saturated rings. The van der Waals surface area contributed by atoms with Crippen LogP contribution in [-0.4, -0.2) is 41.2 Å². The topological polar surface area (TPSA) is 75.6 Å². The summed E-state index contributed by atoms with van der Waals surface area (Å²) in [6.45, 7) is 0. The molecule has 5 nitrogen and oxygen atoms in total. The fraction of sp³-hybridized carbons (Fsp3) is 0.333. The molecule has 1 rings (SSSR count). The van der Waals surface area contributed by atoms with Crippen LogP contribution in [0.25, 0.3) is 0 Å². The van der Waals surface area contributed by atoms with Gasteiger partial charge < -0.3 is 15.2 Å². The predicted molar refractivity (Wildman–Crippen MR) is 67.6 cm³/mol. The molecule has 0 bridgehead atoms. The van der Waals surface area contributed by atoms with Gasteiger partial charge in [-0.3, -0.25) is 4.79 Å². The van der Waals surface area contributed by atoms with E-state index in [2.05, 4.69) is 4.74 Å². The van der Waals surface area contributed by atoms with E-state index < -0.39 is 46.4 Å². The second kappa shape index (κ2) is 6.67. The van der Waals surface area contributed by atoms with Gasteiger partial charge in [-0.05, 0) is 12.1 Å². The number of ether oxygens (including phenoxy) is 1. The van der Waals surface area contributed by atoms with E-state index in [1.165, 1.54) is 0 Å². The summed E-state index contributed by atoms with van der Waals surface area (Å²) in [5.41, 5.74) is -5.20. The quantitative estimate of drug-likeness (QED) is 0.488. The summed E-state index contributed by atoms with van der Waals surface area (Å²) in [6, 6.07) is 1.77. The largest absolute Gasteiger partial charge is 0.467 e. The van der Waals surface area contributed by atoms with Crippen LogP contribution in [0.3, 0.4) is 0 Å². The van der Waals surface area contributed by atoms with Gasteiger partial charge in [0, 0.05) is 6.07 Å². The first-order valence-electron chi connectivity index (χ1n) is 5.72. The maximum atomic E-state index is 13.3. The number of hydrogen-bond acceptors (Lipinski definition) is 4. The molecule has 1 aromatic carbocycles. The Balaban J connectivity index is 3.14. The second-order valence-corrected chi connectivity index (χ2v) is 4.67. The minimum atomic E-state index is -5.66. The Bertz CT molecular complexity index is 624. The lowest BCUT2D eigenvalue weighted by atomic mass is 9.97. The lowest BCUT2D eigenvalue weighted by Gasteiger charge is -2.30. The van der Waals surface area contributed by atoms with Crippen LogP contribution in [0.15, 0.2) is 18.2 Å². The number of anilines is 1. The van der Waals surface area contributed by atoms with E-state index in [1.54, 1.807) is 5.32 Å². The summed E-state index contributed by atoms with van der Waals surface area (Å²) in [4.78, 5) is 22.9. The highest BCUT2D eigenvalue weighted by Gasteiger charge is 2.67. The molecule has 0 aliphatic carbocycles. The molecule has 0 heterocycles. The van der Waals surface area contributed by atoms with E-state index in [1.807, 2.05) is 0 Å². The van der Waals surface area contributed by atoms with Gasteiger partial charge in [0.25, 0.3) is 5.60 Å². The van der Waals surface area contributed by atoms with Gasteiger partial charge >= 0.3 is 12.1 Å². The van der Waals surface area contributed by atoms with Crippen molar-refractivity contribution < 1.29 is 41.4 Å². The first kappa shape index (κ1) is 19.1. The van der Waals surface area contributed by atoms with Crippen LogP contribution in [0.1, 0.15) is 0 Å². The summed E-state index contributed by atoms with van der Waals surface area (Å²) in [5, 5.41) is 8.13. The average molecular weight is 362 g/mol. The number of amides is 1. The van der Waals surface area contributed by atoms with Crippen LogP contribution in [0, 0.1) is 11.6 Å². The van der Waals surface area contributed by atoms with Gasteiger partial charge in [-0.2, -0.15) is 13.2 Å². The van der Waals surface area contributed by atoms with Crippen molar-refractivity contribution in [2.45, 2.75) is 17.2 Å². The van der Waals surface area contributed by atoms with Gasteiger partial charge in [0.15, 0.2) is 5.38 Å². The molecule has 0 saturated heterocycles. The highest BCUT2D eigenvalue weighted by Crippen LogP contribution is 2.37. The molecule has 0 aliphatic rings. The molecule has 1 amide bonds. The van der Waals surface area contributed by atoms with Crippen LogP contribution >= 0.6 is 11.6 Å². The molecule has 128 valence electrons. The monoisotopic (exact) mass is 361 g/mol. The minimum absolute atomic E-state index is 0.474. The average Bonchev–Trinajstić information content (AvgIpc) is 2.47. The zero-order chi connectivity index (χ0) is 18.0. The smallest absolute Gasteiger partial charge is 0.430 e. The van der Waals surface area contributed by atoms with Crippen molar-refractivity contribution in [3.63, 3.8) is 0 Å². The maximum Gasteiger partial charge on any atom is 0.430 e. The highest BCUT2D eigenvalue weighted by atomic mass is 35.5. The summed E-state index contributed by atoms with van der Waals surface area (Å²) in [6.07, 6.45) is -5.66. The van der Waals surface area contributed by atoms with Crippen molar-refractivity contribution in [3.05, 3.63) is 29.8 Å². The van der Waals surface area contributed by atoms with E-state index in [0.29, 0.717) is 25.3 Å². The second-order valence-electron chi connectivity index (χ2n) is 4.23. The standard InChI is InChI=1S/C12H9ClF5NO4/c1-23-10(21)11(22,12(16,17)18)8(13)9(20)19-7-4-5(14)2-3-6(7)15/h2-4,8,22H,1H3,(H,19,20)/t8-,11-/m0/s1. The number of methoxy groups -OCH3 is 1. The van der Waals surface area contributed by atoms with Gasteiger partial charge in [-0.1, -0.05) is 0 Å². The number of halogens is 6. The van der Waals surface area contributed by atoms with Crippen LogP contribution in [-0.2, 0) is 14.3 Å². The molecular formula is C12H9ClF5NO4. The Hall–Kier alpha value is -1.94. The van der Waals surface area contributed by atoms with Gasteiger partial charge in [-0.25, -0.2) is 13.6 Å². The van der Waals surface area contributed by atoms with Crippen LogP contribution in [0.2, 0.25) is 0 Å². The summed E-state index contributed by atoms with van der Waals surface area (Å²) in [7, 11) is 0.535. The van der Waals surface area contributed by atoms with Gasteiger partial charge in [0.2, 0.25) is 5.91 Å². The lowest BCUT2D eigenvalue weighted by molar-refractivity contribution is -0.260. The number of rotatable bonds is 4. The zero-order valence-corrected chi connectivity index (χ0v) is 12.0. The lowest BCUT2D eigenvalue weighted by Crippen LogP contribution is -2.62. The number of hydrogen-bond donors (Lipinski definition) is 2. The number of carbonyl (C=O) groups excluding carboxylic acids is 2. The van der Waals surface area contributed by atoms with Crippen molar-refractivity contribution in [3.8, 4) is 0 Å². The Morgan fingerprint density at radius 1 is 1.30 bits per heavy atom. The number of carbonyl (C=O) groups is 2. The Kier molecular flexibility index (Phi) is 5.54.